The Morgan fingerprint density at radius 3 is 2.71 bits per heavy atom. The second kappa shape index (κ2) is 6.12. The molecule has 1 aliphatic rings. The van der Waals surface area contributed by atoms with Gasteiger partial charge in [0.05, 0.1) is 5.69 Å². The predicted molar refractivity (Wildman–Crippen MR) is 84.0 cm³/mol. The van der Waals surface area contributed by atoms with Gasteiger partial charge in [0.25, 0.3) is 0 Å². The fraction of sp³-hybridized carbons (Fsp3) is 0.625. The van der Waals surface area contributed by atoms with Gasteiger partial charge in [-0.15, -0.1) is 0 Å². The van der Waals surface area contributed by atoms with E-state index in [1.807, 2.05) is 22.7 Å². The molecule has 1 aliphatic heterocycles. The van der Waals surface area contributed by atoms with Crippen LogP contribution in [0.1, 0.15) is 38.2 Å². The van der Waals surface area contributed by atoms with E-state index < -0.39 is 0 Å². The maximum absolute atomic E-state index is 5.76. The van der Waals surface area contributed by atoms with Gasteiger partial charge in [-0.1, -0.05) is 6.07 Å². The van der Waals surface area contributed by atoms with Crippen molar-refractivity contribution >= 4 is 5.65 Å². The quantitative estimate of drug-likeness (QED) is 0.932. The molecule has 1 fully saturated rings. The first kappa shape index (κ1) is 14.5. The fourth-order valence-electron chi connectivity index (χ4n) is 3.18. The van der Waals surface area contributed by atoms with E-state index in [1.54, 1.807) is 0 Å². The summed E-state index contributed by atoms with van der Waals surface area (Å²) in [5.41, 5.74) is 7.68. The van der Waals surface area contributed by atoms with Crippen LogP contribution in [-0.4, -0.2) is 38.6 Å². The number of nitrogens with two attached hydrogens (primary N) is 1. The first-order valence-corrected chi connectivity index (χ1v) is 7.95. The van der Waals surface area contributed by atoms with Crippen LogP contribution in [0.25, 0.3) is 5.65 Å². The van der Waals surface area contributed by atoms with Crippen LogP contribution >= 0.6 is 0 Å². The molecule has 0 aromatic carbocycles. The maximum atomic E-state index is 5.76. The summed E-state index contributed by atoms with van der Waals surface area (Å²) >= 11 is 0. The summed E-state index contributed by atoms with van der Waals surface area (Å²) < 4.78 is 1.89. The van der Waals surface area contributed by atoms with Crippen molar-refractivity contribution in [3.63, 3.8) is 0 Å². The van der Waals surface area contributed by atoms with Crippen LogP contribution in [0.5, 0.6) is 0 Å². The van der Waals surface area contributed by atoms with Gasteiger partial charge in [0.1, 0.15) is 0 Å². The number of fused-ring (bicyclic) bond motifs is 1. The topological polar surface area (TPSA) is 59.5 Å². The molecule has 0 atom stereocenters. The van der Waals surface area contributed by atoms with Gasteiger partial charge in [0, 0.05) is 19.0 Å². The van der Waals surface area contributed by atoms with Gasteiger partial charge in [-0.3, -0.25) is 0 Å². The summed E-state index contributed by atoms with van der Waals surface area (Å²) in [4.78, 5) is 7.21. The number of piperidine rings is 1. The highest BCUT2D eigenvalue weighted by Gasteiger charge is 2.22. The Bertz CT molecular complexity index is 596. The lowest BCUT2D eigenvalue weighted by Gasteiger charge is -2.34. The van der Waals surface area contributed by atoms with Gasteiger partial charge in [-0.25, -0.2) is 9.50 Å². The average Bonchev–Trinajstić information content (AvgIpc) is 2.90. The van der Waals surface area contributed by atoms with Crippen molar-refractivity contribution in [2.24, 2.45) is 11.7 Å². The lowest BCUT2D eigenvalue weighted by Crippen LogP contribution is -2.38. The molecule has 0 radical (unpaired) electrons. The molecule has 0 unspecified atom stereocenters. The first-order valence-electron chi connectivity index (χ1n) is 7.95. The smallest absolute Gasteiger partial charge is 0.155 e. The molecule has 3 rings (SSSR count). The number of nitrogens with zero attached hydrogens (tertiary/aromatic N) is 4. The minimum absolute atomic E-state index is 0.493. The van der Waals surface area contributed by atoms with Crippen LogP contribution in [0.3, 0.4) is 0 Å². The van der Waals surface area contributed by atoms with Crippen molar-refractivity contribution in [2.45, 2.75) is 45.7 Å². The molecular formula is C16H25N5. The Kier molecular flexibility index (Phi) is 4.22. The highest BCUT2D eigenvalue weighted by atomic mass is 15.3. The van der Waals surface area contributed by atoms with Crippen LogP contribution in [0.4, 0.5) is 0 Å². The third-order valence-electron chi connectivity index (χ3n) is 4.54. The number of rotatable bonds is 4. The molecule has 114 valence electrons. The van der Waals surface area contributed by atoms with E-state index in [4.69, 9.17) is 5.73 Å². The lowest BCUT2D eigenvalue weighted by molar-refractivity contribution is 0.148. The minimum atomic E-state index is 0.493. The van der Waals surface area contributed by atoms with E-state index in [1.165, 1.54) is 25.9 Å². The molecule has 0 saturated carbocycles. The van der Waals surface area contributed by atoms with E-state index in [0.717, 1.165) is 23.6 Å². The molecule has 1 saturated heterocycles. The van der Waals surface area contributed by atoms with E-state index in [9.17, 15) is 0 Å². The van der Waals surface area contributed by atoms with Crippen LogP contribution in [-0.2, 0) is 13.0 Å². The third kappa shape index (κ3) is 3.09. The molecule has 0 amide bonds. The van der Waals surface area contributed by atoms with Gasteiger partial charge in [0.15, 0.2) is 11.5 Å². The molecule has 2 aromatic heterocycles. The standard InChI is InChI=1S/C16H25N5/c1-12(2)20-8-6-13(7-9-20)10-15-18-16-5-3-4-14(11-17)21(16)19-15/h3-5,12-13H,6-11,17H2,1-2H3. The third-order valence-corrected chi connectivity index (χ3v) is 4.54. The van der Waals surface area contributed by atoms with Crippen LogP contribution in [0, 0.1) is 5.92 Å². The molecule has 5 nitrogen and oxygen atoms in total. The highest BCUT2D eigenvalue weighted by Crippen LogP contribution is 2.22. The summed E-state index contributed by atoms with van der Waals surface area (Å²) in [6, 6.07) is 6.66. The molecular weight excluding hydrogens is 262 g/mol. The van der Waals surface area contributed by atoms with Crippen LogP contribution < -0.4 is 5.73 Å². The van der Waals surface area contributed by atoms with Gasteiger partial charge >= 0.3 is 0 Å². The van der Waals surface area contributed by atoms with Crippen molar-refractivity contribution < 1.29 is 0 Å². The number of pyridine rings is 1. The van der Waals surface area contributed by atoms with E-state index in [0.29, 0.717) is 18.5 Å². The van der Waals surface area contributed by atoms with E-state index in [2.05, 4.69) is 28.8 Å². The Labute approximate surface area is 126 Å². The summed E-state index contributed by atoms with van der Waals surface area (Å²) in [6.07, 6.45) is 3.48. The minimum Gasteiger partial charge on any atom is -0.325 e. The molecule has 2 N–H and O–H groups in total. The van der Waals surface area contributed by atoms with Crippen molar-refractivity contribution in [3.8, 4) is 0 Å². The Morgan fingerprint density at radius 1 is 1.29 bits per heavy atom. The molecule has 0 aliphatic carbocycles. The van der Waals surface area contributed by atoms with Crippen LogP contribution in [0.2, 0.25) is 0 Å². The number of likely N-dealkylation sites (tertiary alicyclic amines) is 1. The lowest BCUT2D eigenvalue weighted by atomic mass is 9.93. The maximum Gasteiger partial charge on any atom is 0.155 e. The molecule has 3 heterocycles. The fourth-order valence-corrected chi connectivity index (χ4v) is 3.18. The van der Waals surface area contributed by atoms with Gasteiger partial charge in [-0.2, -0.15) is 5.10 Å². The van der Waals surface area contributed by atoms with Crippen molar-refractivity contribution in [3.05, 3.63) is 29.7 Å². The zero-order valence-corrected chi connectivity index (χ0v) is 13.0. The largest absolute Gasteiger partial charge is 0.325 e. The SMILES string of the molecule is CC(C)N1CCC(Cc2nc3cccc(CN)n3n2)CC1. The number of aromatic nitrogens is 3. The van der Waals surface area contributed by atoms with Gasteiger partial charge in [-0.05, 0) is 57.8 Å². The zero-order valence-electron chi connectivity index (χ0n) is 13.0. The second-order valence-corrected chi connectivity index (χ2v) is 6.30. The first-order chi connectivity index (χ1) is 10.2. The molecule has 21 heavy (non-hydrogen) atoms. The Balaban J connectivity index is 1.69. The normalized spacial score (nSPS) is 17.9. The monoisotopic (exact) mass is 287 g/mol. The van der Waals surface area contributed by atoms with Crippen molar-refractivity contribution in [1.82, 2.24) is 19.5 Å². The molecule has 0 spiro atoms. The molecule has 0 bridgehead atoms. The number of hydrogen-bond acceptors (Lipinski definition) is 4. The van der Waals surface area contributed by atoms with Crippen molar-refractivity contribution in [2.75, 3.05) is 13.1 Å². The Hall–Kier alpha value is -1.46. The van der Waals surface area contributed by atoms with Crippen molar-refractivity contribution in [1.29, 1.82) is 0 Å². The highest BCUT2D eigenvalue weighted by molar-refractivity contribution is 5.38. The summed E-state index contributed by atoms with van der Waals surface area (Å²) in [5.74, 6) is 1.66. The van der Waals surface area contributed by atoms with Gasteiger partial charge < -0.3 is 10.6 Å². The predicted octanol–water partition coefficient (Wildman–Crippen LogP) is 1.85. The summed E-state index contributed by atoms with van der Waals surface area (Å²) in [7, 11) is 0. The van der Waals surface area contributed by atoms with Gasteiger partial charge in [0.2, 0.25) is 0 Å². The number of hydrogen-bond donors (Lipinski definition) is 1. The van der Waals surface area contributed by atoms with Crippen LogP contribution in [0.15, 0.2) is 18.2 Å². The zero-order chi connectivity index (χ0) is 14.8. The van der Waals surface area contributed by atoms with E-state index in [-0.39, 0.29) is 0 Å². The molecule has 5 heteroatoms. The Morgan fingerprint density at radius 2 is 2.05 bits per heavy atom. The second-order valence-electron chi connectivity index (χ2n) is 6.30. The average molecular weight is 287 g/mol. The summed E-state index contributed by atoms with van der Waals surface area (Å²) in [6.45, 7) is 7.44. The summed E-state index contributed by atoms with van der Waals surface area (Å²) in [5, 5.41) is 4.64. The van der Waals surface area contributed by atoms with E-state index >= 15 is 0 Å². The molecule has 2 aromatic rings.